The van der Waals surface area contributed by atoms with Crippen LogP contribution in [0.5, 0.6) is 0 Å². The van der Waals surface area contributed by atoms with Gasteiger partial charge in [-0.1, -0.05) is 23.7 Å². The first kappa shape index (κ1) is 17.9. The molecule has 1 saturated carbocycles. The van der Waals surface area contributed by atoms with Crippen LogP contribution in [0.4, 0.5) is 5.69 Å². The van der Waals surface area contributed by atoms with E-state index in [1.807, 2.05) is 6.07 Å². The molecule has 2 aromatic carbocycles. The SMILES string of the molecule is O=C(c1cccc(Cl)c1)c1ccc2c(c1)C1(OCCCO1)C(=O)N2CC1CC1. The summed E-state index contributed by atoms with van der Waals surface area (Å²) in [5, 5.41) is 0.508. The van der Waals surface area contributed by atoms with E-state index in [0.717, 1.165) is 24.9 Å². The number of rotatable bonds is 4. The van der Waals surface area contributed by atoms with Gasteiger partial charge in [0.1, 0.15) is 0 Å². The van der Waals surface area contributed by atoms with Crippen LogP contribution in [0.2, 0.25) is 5.02 Å². The number of carbonyl (C=O) groups is 2. The van der Waals surface area contributed by atoms with Gasteiger partial charge >= 0.3 is 0 Å². The molecular weight excluding hydrogens is 378 g/mol. The van der Waals surface area contributed by atoms with Crippen LogP contribution >= 0.6 is 11.6 Å². The van der Waals surface area contributed by atoms with Crippen LogP contribution in [0.25, 0.3) is 0 Å². The molecule has 0 aromatic heterocycles. The molecule has 5 nitrogen and oxygen atoms in total. The number of anilines is 1. The fourth-order valence-corrected chi connectivity index (χ4v) is 4.12. The van der Waals surface area contributed by atoms with E-state index in [4.69, 9.17) is 21.1 Å². The fraction of sp³-hybridized carbons (Fsp3) is 0.364. The molecule has 3 aliphatic rings. The van der Waals surface area contributed by atoms with Gasteiger partial charge in [0.2, 0.25) is 0 Å². The predicted octanol–water partition coefficient (Wildman–Crippen LogP) is 3.92. The van der Waals surface area contributed by atoms with E-state index in [1.54, 1.807) is 41.3 Å². The van der Waals surface area contributed by atoms with Crippen molar-refractivity contribution in [3.63, 3.8) is 0 Å². The van der Waals surface area contributed by atoms with Gasteiger partial charge in [0.15, 0.2) is 5.78 Å². The van der Waals surface area contributed by atoms with Crippen LogP contribution in [-0.4, -0.2) is 31.4 Å². The maximum Gasteiger partial charge on any atom is 0.292 e. The molecule has 1 amide bonds. The summed E-state index contributed by atoms with van der Waals surface area (Å²) < 4.78 is 11.8. The molecule has 1 aliphatic carbocycles. The monoisotopic (exact) mass is 397 g/mol. The van der Waals surface area contributed by atoms with E-state index in [1.165, 1.54) is 0 Å². The van der Waals surface area contributed by atoms with Crippen molar-refractivity contribution in [2.45, 2.75) is 25.0 Å². The van der Waals surface area contributed by atoms with Gasteiger partial charge in [-0.2, -0.15) is 0 Å². The molecule has 0 atom stereocenters. The molecule has 2 aromatic rings. The molecule has 1 spiro atoms. The number of ether oxygens (including phenoxy) is 2. The number of hydrogen-bond acceptors (Lipinski definition) is 4. The largest absolute Gasteiger partial charge is 0.338 e. The number of ketones is 1. The average molecular weight is 398 g/mol. The zero-order valence-electron chi connectivity index (χ0n) is 15.3. The van der Waals surface area contributed by atoms with Crippen molar-refractivity contribution in [3.8, 4) is 0 Å². The summed E-state index contributed by atoms with van der Waals surface area (Å²) in [6.45, 7) is 1.58. The van der Waals surface area contributed by atoms with Crippen LogP contribution in [0.1, 0.15) is 40.7 Å². The van der Waals surface area contributed by atoms with Crippen molar-refractivity contribution >= 4 is 29.0 Å². The summed E-state index contributed by atoms with van der Waals surface area (Å²) in [6.07, 6.45) is 3.02. The van der Waals surface area contributed by atoms with E-state index in [0.29, 0.717) is 47.4 Å². The molecule has 0 unspecified atom stereocenters. The van der Waals surface area contributed by atoms with E-state index in [9.17, 15) is 9.59 Å². The van der Waals surface area contributed by atoms with Crippen LogP contribution in [0.3, 0.4) is 0 Å². The molecule has 5 rings (SSSR count). The summed E-state index contributed by atoms with van der Waals surface area (Å²) in [5.41, 5.74) is 2.40. The second-order valence-corrected chi connectivity index (χ2v) is 8.03. The second kappa shape index (κ2) is 6.69. The van der Waals surface area contributed by atoms with Gasteiger partial charge in [-0.25, -0.2) is 0 Å². The van der Waals surface area contributed by atoms with Gasteiger partial charge in [-0.3, -0.25) is 9.59 Å². The number of fused-ring (bicyclic) bond motifs is 2. The van der Waals surface area contributed by atoms with E-state index < -0.39 is 5.79 Å². The first-order chi connectivity index (χ1) is 13.6. The molecule has 2 aliphatic heterocycles. The van der Waals surface area contributed by atoms with Crippen molar-refractivity contribution in [2.75, 3.05) is 24.7 Å². The van der Waals surface area contributed by atoms with E-state index in [2.05, 4.69) is 0 Å². The normalized spacial score (nSPS) is 20.5. The Morgan fingerprint density at radius 1 is 1.11 bits per heavy atom. The Morgan fingerprint density at radius 3 is 2.57 bits per heavy atom. The molecular formula is C22H20ClNO4. The Hall–Kier alpha value is -2.21. The van der Waals surface area contributed by atoms with Crippen molar-refractivity contribution in [3.05, 3.63) is 64.2 Å². The molecule has 0 radical (unpaired) electrons. The van der Waals surface area contributed by atoms with Crippen molar-refractivity contribution in [2.24, 2.45) is 5.92 Å². The van der Waals surface area contributed by atoms with Gasteiger partial charge in [-0.05, 0) is 55.5 Å². The lowest BCUT2D eigenvalue weighted by Gasteiger charge is -2.32. The zero-order valence-corrected chi connectivity index (χ0v) is 16.1. The summed E-state index contributed by atoms with van der Waals surface area (Å²) in [5.74, 6) is -1.22. The molecule has 0 N–H and O–H groups in total. The molecule has 144 valence electrons. The van der Waals surface area contributed by atoms with Crippen LogP contribution in [0.15, 0.2) is 42.5 Å². The smallest absolute Gasteiger partial charge is 0.292 e. The minimum Gasteiger partial charge on any atom is -0.338 e. The molecule has 6 heteroatoms. The highest BCUT2D eigenvalue weighted by Crippen LogP contribution is 2.47. The third-order valence-electron chi connectivity index (χ3n) is 5.55. The number of nitrogens with zero attached hydrogens (tertiary/aromatic N) is 1. The third-order valence-corrected chi connectivity index (χ3v) is 5.79. The van der Waals surface area contributed by atoms with Crippen molar-refractivity contribution in [1.29, 1.82) is 0 Å². The van der Waals surface area contributed by atoms with Crippen LogP contribution < -0.4 is 4.90 Å². The maximum absolute atomic E-state index is 13.3. The topological polar surface area (TPSA) is 55.8 Å². The van der Waals surface area contributed by atoms with Gasteiger partial charge in [0.05, 0.1) is 18.9 Å². The minimum absolute atomic E-state index is 0.149. The third kappa shape index (κ3) is 2.85. The highest BCUT2D eigenvalue weighted by Gasteiger charge is 2.55. The minimum atomic E-state index is -1.42. The summed E-state index contributed by atoms with van der Waals surface area (Å²) in [6, 6.07) is 12.2. The lowest BCUT2D eigenvalue weighted by Crippen LogP contribution is -2.47. The zero-order chi connectivity index (χ0) is 19.3. The van der Waals surface area contributed by atoms with E-state index in [-0.39, 0.29) is 11.7 Å². The Morgan fingerprint density at radius 2 is 1.86 bits per heavy atom. The average Bonchev–Trinajstić information content (AvgIpc) is 3.52. The lowest BCUT2D eigenvalue weighted by atomic mass is 9.98. The number of halogens is 1. The van der Waals surface area contributed by atoms with Gasteiger partial charge in [-0.15, -0.1) is 0 Å². The lowest BCUT2D eigenvalue weighted by molar-refractivity contribution is -0.256. The highest BCUT2D eigenvalue weighted by atomic mass is 35.5. The van der Waals surface area contributed by atoms with Gasteiger partial charge in [0.25, 0.3) is 11.7 Å². The quantitative estimate of drug-likeness (QED) is 0.734. The first-order valence-corrected chi connectivity index (χ1v) is 10.0. The van der Waals surface area contributed by atoms with Crippen molar-refractivity contribution < 1.29 is 19.1 Å². The first-order valence-electron chi connectivity index (χ1n) is 9.63. The van der Waals surface area contributed by atoms with Crippen LogP contribution in [-0.2, 0) is 20.1 Å². The standard InChI is InChI=1S/C22H20ClNO4/c23-17-4-1-3-15(11-17)20(25)16-7-8-19-18(12-16)22(27-9-2-10-28-22)21(26)24(19)13-14-5-6-14/h1,3-4,7-8,11-12,14H,2,5-6,9-10,13H2. The van der Waals surface area contributed by atoms with E-state index >= 15 is 0 Å². The number of carbonyl (C=O) groups excluding carboxylic acids is 2. The molecule has 1 saturated heterocycles. The van der Waals surface area contributed by atoms with Crippen LogP contribution in [0, 0.1) is 5.92 Å². The molecule has 2 fully saturated rings. The summed E-state index contributed by atoms with van der Waals surface area (Å²) in [4.78, 5) is 28.0. The summed E-state index contributed by atoms with van der Waals surface area (Å²) >= 11 is 6.04. The van der Waals surface area contributed by atoms with Gasteiger partial charge < -0.3 is 14.4 Å². The second-order valence-electron chi connectivity index (χ2n) is 7.60. The Bertz CT molecular complexity index is 963. The number of benzene rings is 2. The Kier molecular flexibility index (Phi) is 4.27. The Balaban J connectivity index is 1.57. The predicted molar refractivity (Wildman–Crippen MR) is 105 cm³/mol. The van der Waals surface area contributed by atoms with Crippen molar-refractivity contribution in [1.82, 2.24) is 0 Å². The Labute approximate surface area is 168 Å². The molecule has 28 heavy (non-hydrogen) atoms. The molecule has 0 bridgehead atoms. The number of hydrogen-bond donors (Lipinski definition) is 0. The molecule has 2 heterocycles. The number of amides is 1. The fourth-order valence-electron chi connectivity index (χ4n) is 3.93. The summed E-state index contributed by atoms with van der Waals surface area (Å²) in [7, 11) is 0. The maximum atomic E-state index is 13.3. The van der Waals surface area contributed by atoms with Gasteiger partial charge in [0, 0.05) is 28.3 Å². The highest BCUT2D eigenvalue weighted by molar-refractivity contribution is 6.31.